The first-order valence-electron chi connectivity index (χ1n) is 8.04. The lowest BCUT2D eigenvalue weighted by Gasteiger charge is -2.08. The molecule has 2 aromatic carbocycles. The molecule has 0 saturated heterocycles. The number of hydrogen-bond donors (Lipinski definition) is 1. The van der Waals surface area contributed by atoms with E-state index in [1.54, 1.807) is 13.2 Å². The summed E-state index contributed by atoms with van der Waals surface area (Å²) >= 11 is 0. The van der Waals surface area contributed by atoms with Gasteiger partial charge in [-0.25, -0.2) is 0 Å². The van der Waals surface area contributed by atoms with E-state index in [0.717, 1.165) is 44.1 Å². The number of aryl methyl sites for hydroxylation is 1. The van der Waals surface area contributed by atoms with Crippen molar-refractivity contribution in [3.8, 4) is 23.0 Å². The highest BCUT2D eigenvalue weighted by Crippen LogP contribution is 2.42. The molecule has 5 rings (SSSR count). The van der Waals surface area contributed by atoms with Gasteiger partial charge in [-0.05, 0) is 36.6 Å². The fourth-order valence-corrected chi connectivity index (χ4v) is 3.60. The van der Waals surface area contributed by atoms with Crippen LogP contribution in [0.3, 0.4) is 0 Å². The summed E-state index contributed by atoms with van der Waals surface area (Å²) in [4.78, 5) is 0. The fourth-order valence-electron chi connectivity index (χ4n) is 3.60. The van der Waals surface area contributed by atoms with Crippen molar-refractivity contribution in [3.63, 3.8) is 0 Å². The number of rotatable bonds is 1. The molecule has 4 aromatic rings. The predicted molar refractivity (Wildman–Crippen MR) is 93.7 cm³/mol. The van der Waals surface area contributed by atoms with Gasteiger partial charge in [-0.1, -0.05) is 0 Å². The summed E-state index contributed by atoms with van der Waals surface area (Å²) in [5.41, 5.74) is 2.12. The first-order valence-corrected chi connectivity index (χ1v) is 8.04. The van der Waals surface area contributed by atoms with Crippen molar-refractivity contribution in [1.29, 1.82) is 0 Å². The quantitative estimate of drug-likeness (QED) is 0.329. The van der Waals surface area contributed by atoms with E-state index in [2.05, 4.69) is 25.3 Å². The van der Waals surface area contributed by atoms with Gasteiger partial charge in [0, 0.05) is 17.0 Å². The molecule has 1 aliphatic rings. The number of pyridine rings is 2. The van der Waals surface area contributed by atoms with Gasteiger partial charge in [0.15, 0.2) is 35.4 Å². The maximum absolute atomic E-state index is 10.5. The maximum atomic E-state index is 10.5. The highest BCUT2D eigenvalue weighted by molar-refractivity contribution is 6.04. The number of methoxy groups -OCH3 is 1. The molecule has 2 aromatic heterocycles. The number of fused-ring (bicyclic) bond motifs is 6. The van der Waals surface area contributed by atoms with E-state index in [0.29, 0.717) is 5.75 Å². The number of hydrogen-bond acceptors (Lipinski definition) is 4. The molecule has 1 aliphatic heterocycles. The van der Waals surface area contributed by atoms with Crippen molar-refractivity contribution in [1.82, 2.24) is 0 Å². The number of phenols is 1. The van der Waals surface area contributed by atoms with E-state index in [9.17, 15) is 5.11 Å². The van der Waals surface area contributed by atoms with Crippen LogP contribution >= 0.6 is 0 Å². The number of benzene rings is 2. The third kappa shape index (κ3) is 1.86. The van der Waals surface area contributed by atoms with Crippen molar-refractivity contribution in [3.05, 3.63) is 48.3 Å². The topological polar surface area (TPSA) is 52.0 Å². The van der Waals surface area contributed by atoms with E-state index in [1.807, 2.05) is 22.7 Å². The molecule has 0 bridgehead atoms. The Bertz CT molecular complexity index is 1180. The van der Waals surface area contributed by atoms with Crippen LogP contribution in [0.4, 0.5) is 0 Å². The molecule has 0 amide bonds. The zero-order valence-corrected chi connectivity index (χ0v) is 13.9. The summed E-state index contributed by atoms with van der Waals surface area (Å²) in [6.45, 7) is 2.30. The van der Waals surface area contributed by atoms with E-state index in [-0.39, 0.29) is 12.5 Å². The minimum Gasteiger partial charge on any atom is -0.504 e. The van der Waals surface area contributed by atoms with Crippen LogP contribution in [0.25, 0.3) is 27.1 Å². The fraction of sp³-hybridized carbons (Fsp3) is 0.150. The van der Waals surface area contributed by atoms with Crippen molar-refractivity contribution in [2.45, 2.75) is 6.92 Å². The van der Waals surface area contributed by atoms with Gasteiger partial charge in [0.2, 0.25) is 12.3 Å². The zero-order chi connectivity index (χ0) is 17.1. The highest BCUT2D eigenvalue weighted by Gasteiger charge is 2.24. The van der Waals surface area contributed by atoms with Gasteiger partial charge in [0.25, 0.3) is 0 Å². The Hall–Kier alpha value is -3.21. The largest absolute Gasteiger partial charge is 0.504 e. The van der Waals surface area contributed by atoms with Crippen molar-refractivity contribution in [2.75, 3.05) is 13.9 Å². The highest BCUT2D eigenvalue weighted by atomic mass is 16.7. The number of ether oxygens (including phenoxy) is 3. The average Bonchev–Trinajstić information content (AvgIpc) is 3.10. The Labute approximate surface area is 143 Å². The summed E-state index contributed by atoms with van der Waals surface area (Å²) in [5, 5.41) is 14.3. The Kier molecular flexibility index (Phi) is 2.77. The molecule has 5 nitrogen and oxygen atoms in total. The monoisotopic (exact) mass is 334 g/mol. The molecule has 1 N–H and O–H groups in total. The summed E-state index contributed by atoms with van der Waals surface area (Å²) in [7, 11) is 1.55. The number of phenolic OH excluding ortho intramolecular Hbond substituents is 1. The van der Waals surface area contributed by atoms with Gasteiger partial charge in [0.1, 0.15) is 5.39 Å². The standard InChI is InChI=1S/C20H15NO4/c1-11-8-21-9-14-12(3-5-16(23-2)19(14)22)7-15(21)18-13(11)4-6-17-20(18)25-10-24-17/h3-9H,10H2,1-2H3/p+1. The van der Waals surface area contributed by atoms with Crippen LogP contribution in [0.15, 0.2) is 42.7 Å². The summed E-state index contributed by atoms with van der Waals surface area (Å²) in [6.07, 6.45) is 3.97. The second-order valence-corrected chi connectivity index (χ2v) is 6.22. The Morgan fingerprint density at radius 3 is 2.80 bits per heavy atom. The number of aromatic nitrogens is 1. The summed E-state index contributed by atoms with van der Waals surface area (Å²) in [6, 6.07) is 9.78. The van der Waals surface area contributed by atoms with E-state index in [4.69, 9.17) is 14.2 Å². The molecule has 0 radical (unpaired) electrons. The second-order valence-electron chi connectivity index (χ2n) is 6.22. The van der Waals surface area contributed by atoms with Crippen LogP contribution in [0.2, 0.25) is 0 Å². The van der Waals surface area contributed by atoms with E-state index in [1.165, 1.54) is 0 Å². The van der Waals surface area contributed by atoms with Crippen LogP contribution in [0.1, 0.15) is 5.56 Å². The van der Waals surface area contributed by atoms with Crippen LogP contribution in [0.5, 0.6) is 23.0 Å². The SMILES string of the molecule is COc1ccc2cc3c4c5c(ccc4c(C)c[n+]3cc2c1O)OCO5. The molecule has 5 heteroatoms. The van der Waals surface area contributed by atoms with Crippen LogP contribution < -0.4 is 18.6 Å². The first kappa shape index (κ1) is 14.2. The second kappa shape index (κ2) is 4.89. The Balaban J connectivity index is 1.98. The van der Waals surface area contributed by atoms with Gasteiger partial charge in [-0.3, -0.25) is 0 Å². The molecule has 124 valence electrons. The zero-order valence-electron chi connectivity index (χ0n) is 13.9. The van der Waals surface area contributed by atoms with Gasteiger partial charge < -0.3 is 19.3 Å². The molecular weight excluding hydrogens is 318 g/mol. The van der Waals surface area contributed by atoms with Crippen molar-refractivity contribution < 1.29 is 23.7 Å². The normalized spacial score (nSPS) is 13.0. The Morgan fingerprint density at radius 2 is 1.96 bits per heavy atom. The van der Waals surface area contributed by atoms with Crippen LogP contribution in [0, 0.1) is 6.92 Å². The van der Waals surface area contributed by atoms with Gasteiger partial charge in [-0.15, -0.1) is 0 Å². The van der Waals surface area contributed by atoms with E-state index >= 15 is 0 Å². The summed E-state index contributed by atoms with van der Waals surface area (Å²) < 4.78 is 18.5. The molecule has 0 saturated carbocycles. The molecule has 0 spiro atoms. The van der Waals surface area contributed by atoms with Crippen LogP contribution in [-0.2, 0) is 0 Å². The third-order valence-electron chi connectivity index (χ3n) is 4.83. The minimum absolute atomic E-state index is 0.144. The average molecular weight is 334 g/mol. The lowest BCUT2D eigenvalue weighted by atomic mass is 10.0. The predicted octanol–water partition coefficient (Wildman–Crippen LogP) is 3.48. The molecule has 0 aliphatic carbocycles. The van der Waals surface area contributed by atoms with Gasteiger partial charge >= 0.3 is 0 Å². The van der Waals surface area contributed by atoms with Crippen LogP contribution in [-0.4, -0.2) is 19.0 Å². The Morgan fingerprint density at radius 1 is 1.08 bits per heavy atom. The lowest BCUT2D eigenvalue weighted by molar-refractivity contribution is -0.509. The van der Waals surface area contributed by atoms with E-state index < -0.39 is 0 Å². The first-order chi connectivity index (χ1) is 12.2. The summed E-state index contributed by atoms with van der Waals surface area (Å²) in [5.74, 6) is 2.14. The van der Waals surface area contributed by atoms with Crippen molar-refractivity contribution in [2.24, 2.45) is 0 Å². The van der Waals surface area contributed by atoms with Gasteiger partial charge in [0.05, 0.1) is 12.5 Å². The maximum Gasteiger partial charge on any atom is 0.231 e. The smallest absolute Gasteiger partial charge is 0.231 e. The molecule has 0 unspecified atom stereocenters. The minimum atomic E-state index is 0.144. The number of aromatic hydroxyl groups is 1. The van der Waals surface area contributed by atoms with Crippen molar-refractivity contribution >= 4 is 27.1 Å². The molecule has 0 fully saturated rings. The molecule has 0 atom stereocenters. The number of nitrogens with zero attached hydrogens (tertiary/aromatic N) is 1. The molecule has 25 heavy (non-hydrogen) atoms. The lowest BCUT2D eigenvalue weighted by Crippen LogP contribution is -2.22. The molecular formula is C20H16NO4+. The van der Waals surface area contributed by atoms with Gasteiger partial charge in [-0.2, -0.15) is 4.40 Å². The third-order valence-corrected chi connectivity index (χ3v) is 4.83. The molecule has 3 heterocycles.